The predicted molar refractivity (Wildman–Crippen MR) is 80.8 cm³/mol. The molecule has 4 nitrogen and oxygen atoms in total. The fourth-order valence-electron chi connectivity index (χ4n) is 3.58. The molecule has 1 aliphatic carbocycles. The molecule has 1 aromatic rings. The Hall–Kier alpha value is -1.32. The summed E-state index contributed by atoms with van der Waals surface area (Å²) in [7, 11) is 0. The maximum atomic E-state index is 10.9. The highest BCUT2D eigenvalue weighted by Crippen LogP contribution is 2.60. The van der Waals surface area contributed by atoms with E-state index in [1.54, 1.807) is 6.08 Å². The summed E-state index contributed by atoms with van der Waals surface area (Å²) < 4.78 is 13.1. The first kappa shape index (κ1) is 13.4. The van der Waals surface area contributed by atoms with Crippen LogP contribution in [0.25, 0.3) is 0 Å². The molecule has 5 heteroatoms. The maximum Gasteiger partial charge on any atom is 0.235 e. The normalized spacial score (nSPS) is 27.2. The van der Waals surface area contributed by atoms with Gasteiger partial charge in [-0.05, 0) is 42.6 Å². The molecule has 0 radical (unpaired) electrons. The summed E-state index contributed by atoms with van der Waals surface area (Å²) in [6.45, 7) is 4.13. The Kier molecular flexibility index (Phi) is 2.76. The van der Waals surface area contributed by atoms with Crippen molar-refractivity contribution in [3.05, 3.63) is 21.2 Å². The average molecular weight is 350 g/mol. The van der Waals surface area contributed by atoms with Crippen molar-refractivity contribution in [2.24, 2.45) is 4.99 Å². The van der Waals surface area contributed by atoms with Gasteiger partial charge in [0, 0.05) is 29.5 Å². The third-order valence-corrected chi connectivity index (χ3v) is 5.45. The molecule has 2 unspecified atom stereocenters. The van der Waals surface area contributed by atoms with Crippen LogP contribution in [0.3, 0.4) is 0 Å². The smallest absolute Gasteiger partial charge is 0.235 e. The van der Waals surface area contributed by atoms with Gasteiger partial charge in [-0.25, -0.2) is 4.79 Å². The molecule has 3 aliphatic rings. The topological polar surface area (TPSA) is 47.9 Å². The summed E-state index contributed by atoms with van der Waals surface area (Å²) in [5.41, 5.74) is 2.96. The molecule has 2 heterocycles. The van der Waals surface area contributed by atoms with Gasteiger partial charge >= 0.3 is 0 Å². The largest absolute Gasteiger partial charge is 0.490 e. The quantitative estimate of drug-likeness (QED) is 0.607. The number of ether oxygens (including phenoxy) is 2. The highest BCUT2D eigenvalue weighted by molar-refractivity contribution is 9.10. The first-order valence-electron chi connectivity index (χ1n) is 7.36. The van der Waals surface area contributed by atoms with E-state index in [0.29, 0.717) is 0 Å². The number of benzene rings is 1. The Balaban J connectivity index is 2.00. The third kappa shape index (κ3) is 1.80. The minimum absolute atomic E-state index is 0.144. The van der Waals surface area contributed by atoms with Crippen molar-refractivity contribution >= 4 is 22.0 Å². The molecule has 0 bridgehead atoms. The van der Waals surface area contributed by atoms with Crippen LogP contribution in [0.15, 0.2) is 9.47 Å². The maximum absolute atomic E-state index is 10.9. The van der Waals surface area contributed by atoms with Crippen molar-refractivity contribution in [1.82, 2.24) is 0 Å². The number of hydrogen-bond acceptors (Lipinski definition) is 4. The second-order valence-electron chi connectivity index (χ2n) is 6.30. The lowest BCUT2D eigenvalue weighted by Crippen LogP contribution is -2.11. The van der Waals surface area contributed by atoms with Gasteiger partial charge in [0.25, 0.3) is 0 Å². The molecule has 0 aromatic heterocycles. The lowest BCUT2D eigenvalue weighted by atomic mass is 9.92. The van der Waals surface area contributed by atoms with Crippen LogP contribution in [-0.2, 0) is 23.2 Å². The minimum Gasteiger partial charge on any atom is -0.490 e. The molecule has 0 saturated heterocycles. The van der Waals surface area contributed by atoms with Gasteiger partial charge < -0.3 is 9.47 Å². The standard InChI is InChI=1S/C16H16BrNO3/c1-8-5-10-12(16(3-4-16)18-7-19)14-11(6-9(2)20-14)13(17)15(10)21-8/h8-9H,3-6H2,1-2H3. The van der Waals surface area contributed by atoms with Crippen molar-refractivity contribution in [3.63, 3.8) is 0 Å². The SMILES string of the molecule is CC1Cc2c(c(Br)c3c(c2C2(N=C=O)CC2)OC(C)C3)O1. The summed E-state index contributed by atoms with van der Waals surface area (Å²) in [6, 6.07) is 0. The number of fused-ring (bicyclic) bond motifs is 2. The fraction of sp³-hybridized carbons (Fsp3) is 0.562. The van der Waals surface area contributed by atoms with Crippen molar-refractivity contribution in [2.75, 3.05) is 0 Å². The third-order valence-electron chi connectivity index (χ3n) is 4.61. The summed E-state index contributed by atoms with van der Waals surface area (Å²) in [5, 5.41) is 0. The first-order chi connectivity index (χ1) is 10.1. The van der Waals surface area contributed by atoms with Gasteiger partial charge in [0.2, 0.25) is 6.08 Å². The molecule has 0 amide bonds. The lowest BCUT2D eigenvalue weighted by molar-refractivity contribution is 0.250. The van der Waals surface area contributed by atoms with Gasteiger partial charge in [-0.3, -0.25) is 0 Å². The number of aliphatic imine (C=N–C) groups is 1. The fourth-order valence-corrected chi connectivity index (χ4v) is 4.25. The van der Waals surface area contributed by atoms with E-state index in [1.807, 2.05) is 0 Å². The average Bonchev–Trinajstić information content (AvgIpc) is 2.92. The van der Waals surface area contributed by atoms with Gasteiger partial charge in [0.15, 0.2) is 0 Å². The number of hydrogen-bond donors (Lipinski definition) is 0. The molecule has 0 spiro atoms. The Morgan fingerprint density at radius 2 is 1.76 bits per heavy atom. The van der Waals surface area contributed by atoms with Gasteiger partial charge in [0.1, 0.15) is 29.2 Å². The number of nitrogens with zero attached hydrogens (tertiary/aromatic N) is 1. The lowest BCUT2D eigenvalue weighted by Gasteiger charge is -2.19. The Morgan fingerprint density at radius 3 is 2.38 bits per heavy atom. The van der Waals surface area contributed by atoms with Gasteiger partial charge in [-0.15, -0.1) is 0 Å². The van der Waals surface area contributed by atoms with E-state index in [0.717, 1.165) is 58.3 Å². The number of halogens is 1. The predicted octanol–water partition coefficient (Wildman–Crippen LogP) is 3.42. The van der Waals surface area contributed by atoms with E-state index in [2.05, 4.69) is 34.8 Å². The number of carbonyl (C=O) groups excluding carboxylic acids is 1. The zero-order valence-corrected chi connectivity index (χ0v) is 13.6. The molecule has 1 saturated carbocycles. The van der Waals surface area contributed by atoms with Crippen molar-refractivity contribution < 1.29 is 14.3 Å². The number of isocyanates is 1. The van der Waals surface area contributed by atoms with Crippen molar-refractivity contribution in [3.8, 4) is 11.5 Å². The van der Waals surface area contributed by atoms with E-state index in [9.17, 15) is 4.79 Å². The summed E-state index contributed by atoms with van der Waals surface area (Å²) >= 11 is 3.69. The summed E-state index contributed by atoms with van der Waals surface area (Å²) in [6.07, 6.45) is 5.51. The molecular weight excluding hydrogens is 334 g/mol. The van der Waals surface area contributed by atoms with Gasteiger partial charge in [-0.2, -0.15) is 4.99 Å². The molecular formula is C16H16BrNO3. The highest BCUT2D eigenvalue weighted by atomic mass is 79.9. The van der Waals surface area contributed by atoms with Gasteiger partial charge in [-0.1, -0.05) is 0 Å². The van der Waals surface area contributed by atoms with Crippen molar-refractivity contribution in [1.29, 1.82) is 0 Å². The second kappa shape index (κ2) is 4.34. The molecule has 1 fully saturated rings. The van der Waals surface area contributed by atoms with Crippen molar-refractivity contribution in [2.45, 2.75) is 57.3 Å². The highest BCUT2D eigenvalue weighted by Gasteiger charge is 2.52. The molecule has 0 N–H and O–H groups in total. The van der Waals surface area contributed by atoms with Crippen LogP contribution in [0.4, 0.5) is 0 Å². The Labute approximate surface area is 131 Å². The first-order valence-corrected chi connectivity index (χ1v) is 8.15. The van der Waals surface area contributed by atoms with Crippen LogP contribution in [-0.4, -0.2) is 18.3 Å². The zero-order valence-electron chi connectivity index (χ0n) is 12.0. The molecule has 4 rings (SSSR count). The van der Waals surface area contributed by atoms with Gasteiger partial charge in [0.05, 0.1) is 4.47 Å². The van der Waals surface area contributed by atoms with E-state index in [-0.39, 0.29) is 12.2 Å². The van der Waals surface area contributed by atoms with Crippen LogP contribution < -0.4 is 9.47 Å². The van der Waals surface area contributed by atoms with Crippen LogP contribution >= 0.6 is 15.9 Å². The molecule has 2 aliphatic heterocycles. The Bertz CT molecular complexity index is 650. The Morgan fingerprint density at radius 1 is 1.14 bits per heavy atom. The second-order valence-corrected chi connectivity index (χ2v) is 7.10. The minimum atomic E-state index is -0.423. The van der Waals surface area contributed by atoms with E-state index >= 15 is 0 Å². The molecule has 110 valence electrons. The molecule has 21 heavy (non-hydrogen) atoms. The molecule has 2 atom stereocenters. The van der Waals surface area contributed by atoms with Crippen LogP contribution in [0.2, 0.25) is 0 Å². The van der Waals surface area contributed by atoms with Crippen LogP contribution in [0.5, 0.6) is 11.5 Å². The molecule has 1 aromatic carbocycles. The van der Waals surface area contributed by atoms with Crippen LogP contribution in [0, 0.1) is 0 Å². The summed E-state index contributed by atoms with van der Waals surface area (Å²) in [5.74, 6) is 1.84. The number of rotatable bonds is 2. The van der Waals surface area contributed by atoms with E-state index in [1.165, 1.54) is 0 Å². The van der Waals surface area contributed by atoms with E-state index < -0.39 is 5.54 Å². The summed E-state index contributed by atoms with van der Waals surface area (Å²) in [4.78, 5) is 15.0. The monoisotopic (exact) mass is 349 g/mol. The zero-order chi connectivity index (χ0) is 14.8. The van der Waals surface area contributed by atoms with Crippen LogP contribution in [0.1, 0.15) is 43.4 Å². The van der Waals surface area contributed by atoms with E-state index in [4.69, 9.17) is 9.47 Å².